The van der Waals surface area contributed by atoms with E-state index in [0.29, 0.717) is 42.4 Å². The predicted molar refractivity (Wildman–Crippen MR) is 103 cm³/mol. The summed E-state index contributed by atoms with van der Waals surface area (Å²) >= 11 is 0. The van der Waals surface area contributed by atoms with Gasteiger partial charge in [0.05, 0.1) is 17.3 Å². The van der Waals surface area contributed by atoms with E-state index in [1.54, 1.807) is 0 Å². The van der Waals surface area contributed by atoms with Crippen LogP contribution in [-0.2, 0) is 0 Å². The number of hydrogen-bond acceptors (Lipinski definition) is 4. The Morgan fingerprint density at radius 2 is 1.56 bits per heavy atom. The zero-order valence-corrected chi connectivity index (χ0v) is 17.0. The molecule has 4 nitrogen and oxygen atoms in total. The molecule has 5 fully saturated rings. The van der Waals surface area contributed by atoms with Gasteiger partial charge in [-0.2, -0.15) is 0 Å². The first kappa shape index (κ1) is 18.8. The Kier molecular flexibility index (Phi) is 3.99. The molecule has 0 heterocycles. The normalized spacial score (nSPS) is 61.6. The monoisotopic (exact) mass is 378 g/mol. The SMILES string of the molecule is C[C@]12CCC3C(C1CC[C@@]2(O)CCCO)[C@H]1C[C@H]1[C@]1(O)C[C@@H](O)CC[C@]31C. The van der Waals surface area contributed by atoms with Crippen molar-refractivity contribution in [3.63, 3.8) is 0 Å². The second-order valence-corrected chi connectivity index (χ2v) is 11.4. The lowest BCUT2D eigenvalue weighted by Crippen LogP contribution is -2.65. The number of fused-ring (bicyclic) bond motifs is 8. The average molecular weight is 379 g/mol. The first-order valence-corrected chi connectivity index (χ1v) is 11.4. The van der Waals surface area contributed by atoms with Gasteiger partial charge in [-0.3, -0.25) is 0 Å². The fraction of sp³-hybridized carbons (Fsp3) is 1.00. The van der Waals surface area contributed by atoms with Gasteiger partial charge in [0, 0.05) is 13.0 Å². The summed E-state index contributed by atoms with van der Waals surface area (Å²) in [5, 5.41) is 42.9. The molecule has 4 heteroatoms. The number of rotatable bonds is 3. The Morgan fingerprint density at radius 3 is 2.30 bits per heavy atom. The smallest absolute Gasteiger partial charge is 0.0759 e. The van der Waals surface area contributed by atoms with Crippen LogP contribution in [0.3, 0.4) is 0 Å². The third kappa shape index (κ3) is 2.19. The van der Waals surface area contributed by atoms with Crippen molar-refractivity contribution in [3.05, 3.63) is 0 Å². The predicted octanol–water partition coefficient (Wildman–Crippen LogP) is 2.86. The molecule has 0 amide bonds. The number of hydrogen-bond donors (Lipinski definition) is 4. The summed E-state index contributed by atoms with van der Waals surface area (Å²) in [5.41, 5.74) is -1.44. The van der Waals surface area contributed by atoms with Gasteiger partial charge in [-0.05, 0) is 98.2 Å². The van der Waals surface area contributed by atoms with Crippen LogP contribution >= 0.6 is 0 Å². The van der Waals surface area contributed by atoms with Crippen molar-refractivity contribution in [3.8, 4) is 0 Å². The van der Waals surface area contributed by atoms with Crippen LogP contribution in [0, 0.1) is 40.4 Å². The van der Waals surface area contributed by atoms with E-state index in [1.165, 1.54) is 0 Å². The van der Waals surface area contributed by atoms with Crippen molar-refractivity contribution in [2.24, 2.45) is 40.4 Å². The van der Waals surface area contributed by atoms with Gasteiger partial charge in [0.25, 0.3) is 0 Å². The maximum atomic E-state index is 11.8. The molecule has 5 saturated carbocycles. The Hall–Kier alpha value is -0.160. The molecule has 3 unspecified atom stereocenters. The van der Waals surface area contributed by atoms with E-state index in [2.05, 4.69) is 13.8 Å². The zero-order valence-electron chi connectivity index (χ0n) is 17.0. The van der Waals surface area contributed by atoms with Crippen molar-refractivity contribution < 1.29 is 20.4 Å². The van der Waals surface area contributed by atoms with Gasteiger partial charge in [0.2, 0.25) is 0 Å². The molecule has 0 aromatic rings. The quantitative estimate of drug-likeness (QED) is 0.609. The topological polar surface area (TPSA) is 80.9 Å². The summed E-state index contributed by atoms with van der Waals surface area (Å²) in [7, 11) is 0. The largest absolute Gasteiger partial charge is 0.396 e. The van der Waals surface area contributed by atoms with E-state index in [1.807, 2.05) is 0 Å². The lowest BCUT2D eigenvalue weighted by Gasteiger charge is -2.64. The first-order valence-electron chi connectivity index (χ1n) is 11.4. The van der Waals surface area contributed by atoms with E-state index in [-0.39, 0.29) is 23.5 Å². The summed E-state index contributed by atoms with van der Waals surface area (Å²) in [5.74, 6) is 2.63. The molecule has 0 aromatic carbocycles. The molecule has 0 aliphatic heterocycles. The van der Waals surface area contributed by atoms with Crippen LogP contribution in [0.2, 0.25) is 0 Å². The number of aliphatic hydroxyl groups excluding tert-OH is 2. The Labute approximate surface area is 163 Å². The maximum Gasteiger partial charge on any atom is 0.0759 e. The van der Waals surface area contributed by atoms with Crippen LogP contribution in [0.4, 0.5) is 0 Å². The second kappa shape index (κ2) is 5.71. The highest BCUT2D eigenvalue weighted by Crippen LogP contribution is 2.77. The molecular weight excluding hydrogens is 340 g/mol. The van der Waals surface area contributed by atoms with Gasteiger partial charge in [-0.25, -0.2) is 0 Å². The number of aliphatic hydroxyl groups is 4. The van der Waals surface area contributed by atoms with E-state index in [4.69, 9.17) is 0 Å². The van der Waals surface area contributed by atoms with Gasteiger partial charge in [-0.1, -0.05) is 13.8 Å². The molecule has 5 aliphatic rings. The van der Waals surface area contributed by atoms with Gasteiger partial charge >= 0.3 is 0 Å². The van der Waals surface area contributed by atoms with Crippen LogP contribution in [0.15, 0.2) is 0 Å². The first-order chi connectivity index (χ1) is 12.7. The average Bonchev–Trinajstić information content (AvgIpc) is 3.38. The van der Waals surface area contributed by atoms with Crippen molar-refractivity contribution in [1.82, 2.24) is 0 Å². The van der Waals surface area contributed by atoms with E-state index >= 15 is 0 Å². The van der Waals surface area contributed by atoms with Crippen LogP contribution in [0.5, 0.6) is 0 Å². The lowest BCUT2D eigenvalue weighted by molar-refractivity contribution is -0.233. The van der Waals surface area contributed by atoms with Gasteiger partial charge in [0.15, 0.2) is 0 Å². The van der Waals surface area contributed by atoms with Crippen LogP contribution < -0.4 is 0 Å². The third-order valence-electron chi connectivity index (χ3n) is 10.7. The minimum atomic E-state index is -0.684. The minimum absolute atomic E-state index is 0.0452. The molecule has 0 radical (unpaired) electrons. The van der Waals surface area contributed by atoms with Crippen molar-refractivity contribution >= 4 is 0 Å². The van der Waals surface area contributed by atoms with Crippen molar-refractivity contribution in [1.29, 1.82) is 0 Å². The summed E-state index contributed by atoms with van der Waals surface area (Å²) in [6, 6.07) is 0. The van der Waals surface area contributed by atoms with Crippen LogP contribution in [-0.4, -0.2) is 44.3 Å². The lowest BCUT2D eigenvalue weighted by atomic mass is 9.43. The summed E-state index contributed by atoms with van der Waals surface area (Å²) in [6.45, 7) is 4.80. The Morgan fingerprint density at radius 1 is 0.889 bits per heavy atom. The minimum Gasteiger partial charge on any atom is -0.396 e. The van der Waals surface area contributed by atoms with Gasteiger partial charge in [0.1, 0.15) is 0 Å². The molecule has 0 spiro atoms. The standard InChI is InChI=1S/C23H38O4/c1-20-9-5-17-19(16(20)6-10-22(20,26)7-3-11-24)15-12-18(15)23(27)13-14(25)4-8-21(17,23)2/h14-19,24-27H,3-13H2,1-2H3/t14-,15-,16?,17?,18+,19?,20-,21+,22-,23+/m0/s1. The Balaban J connectivity index is 1.49. The van der Waals surface area contributed by atoms with Gasteiger partial charge in [-0.15, -0.1) is 0 Å². The Bertz CT molecular complexity index is 623. The highest BCUT2D eigenvalue weighted by atomic mass is 16.3. The molecule has 10 atom stereocenters. The fourth-order valence-corrected chi connectivity index (χ4v) is 9.08. The fourth-order valence-electron chi connectivity index (χ4n) is 9.08. The summed E-state index contributed by atoms with van der Waals surface area (Å²) in [6.07, 6.45) is 8.60. The third-order valence-corrected chi connectivity index (χ3v) is 10.7. The molecule has 5 aliphatic carbocycles. The highest BCUT2D eigenvalue weighted by Gasteiger charge is 2.75. The molecular formula is C23H38O4. The molecule has 4 N–H and O–H groups in total. The zero-order chi connectivity index (χ0) is 19.2. The van der Waals surface area contributed by atoms with E-state index in [9.17, 15) is 20.4 Å². The maximum absolute atomic E-state index is 11.8. The molecule has 5 rings (SSSR count). The van der Waals surface area contributed by atoms with E-state index in [0.717, 1.165) is 51.4 Å². The van der Waals surface area contributed by atoms with Crippen LogP contribution in [0.25, 0.3) is 0 Å². The van der Waals surface area contributed by atoms with E-state index < -0.39 is 11.2 Å². The van der Waals surface area contributed by atoms with Crippen LogP contribution in [0.1, 0.15) is 78.1 Å². The molecule has 27 heavy (non-hydrogen) atoms. The van der Waals surface area contributed by atoms with Crippen molar-refractivity contribution in [2.45, 2.75) is 95.4 Å². The van der Waals surface area contributed by atoms with Gasteiger partial charge < -0.3 is 20.4 Å². The van der Waals surface area contributed by atoms with Crippen molar-refractivity contribution in [2.75, 3.05) is 6.61 Å². The molecule has 0 aromatic heterocycles. The summed E-state index contributed by atoms with van der Waals surface area (Å²) < 4.78 is 0. The highest BCUT2D eigenvalue weighted by molar-refractivity contribution is 5.24. The molecule has 0 saturated heterocycles. The molecule has 154 valence electrons. The second-order valence-electron chi connectivity index (χ2n) is 11.4. The summed E-state index contributed by atoms with van der Waals surface area (Å²) in [4.78, 5) is 0. The molecule has 0 bridgehead atoms.